The summed E-state index contributed by atoms with van der Waals surface area (Å²) in [6.07, 6.45) is 3.79. The maximum absolute atomic E-state index is 13.0. The normalized spacial score (nSPS) is 17.6. The van der Waals surface area contributed by atoms with Crippen molar-refractivity contribution in [1.29, 1.82) is 0 Å². The minimum absolute atomic E-state index is 0.277. The van der Waals surface area contributed by atoms with Crippen molar-refractivity contribution in [2.75, 3.05) is 31.7 Å². The van der Waals surface area contributed by atoms with Gasteiger partial charge in [0.15, 0.2) is 0 Å². The molecule has 2 atom stereocenters. The summed E-state index contributed by atoms with van der Waals surface area (Å²) in [5, 5.41) is 5.57. The maximum Gasteiger partial charge on any atom is 0.319 e. The lowest BCUT2D eigenvalue weighted by atomic mass is 10.1. The zero-order valence-electron chi connectivity index (χ0n) is 18.2. The molecule has 1 aromatic carbocycles. The largest absolute Gasteiger partial charge is 0.368 e. The fourth-order valence-electron chi connectivity index (χ4n) is 3.40. The molecule has 0 bridgehead atoms. The van der Waals surface area contributed by atoms with Crippen LogP contribution in [0.1, 0.15) is 20.3 Å². The number of benzene rings is 1. The van der Waals surface area contributed by atoms with Gasteiger partial charge in [-0.05, 0) is 44.7 Å². The van der Waals surface area contributed by atoms with Crippen molar-refractivity contribution < 1.29 is 19.2 Å². The number of urea groups is 1. The Morgan fingerprint density at radius 1 is 1.29 bits per heavy atom. The Bertz CT molecular complexity index is 884. The van der Waals surface area contributed by atoms with E-state index in [2.05, 4.69) is 10.6 Å². The monoisotopic (exact) mass is 447 g/mol. The van der Waals surface area contributed by atoms with Gasteiger partial charge in [0.05, 0.1) is 12.6 Å². The lowest BCUT2D eigenvalue weighted by molar-refractivity contribution is -0.142. The van der Waals surface area contributed by atoms with Crippen LogP contribution < -0.4 is 16.4 Å². The van der Waals surface area contributed by atoms with E-state index < -0.39 is 29.9 Å². The fraction of sp³-hybridized carbons (Fsp3) is 0.429. The molecule has 0 radical (unpaired) electrons. The molecule has 1 fully saturated rings. The van der Waals surface area contributed by atoms with Crippen molar-refractivity contribution in [3.8, 4) is 0 Å². The summed E-state index contributed by atoms with van der Waals surface area (Å²) in [5.74, 6) is -1.43. The molecule has 1 aromatic rings. The number of nitrogens with zero attached hydrogens (tertiary/aromatic N) is 2. The van der Waals surface area contributed by atoms with Gasteiger partial charge in [-0.3, -0.25) is 14.4 Å². The zero-order chi connectivity index (χ0) is 23.1. The van der Waals surface area contributed by atoms with Crippen molar-refractivity contribution in [3.05, 3.63) is 35.9 Å². The number of anilines is 1. The molecule has 0 spiro atoms. The molecular formula is C21H29N5O4S. The summed E-state index contributed by atoms with van der Waals surface area (Å²) in [5.41, 5.74) is 6.63. The summed E-state index contributed by atoms with van der Waals surface area (Å²) in [6.45, 7) is 3.60. The summed E-state index contributed by atoms with van der Waals surface area (Å²) >= 11 is 1.55. The topological polar surface area (TPSA) is 125 Å². The highest BCUT2D eigenvalue weighted by Crippen LogP contribution is 2.22. The van der Waals surface area contributed by atoms with Crippen molar-refractivity contribution in [3.63, 3.8) is 0 Å². The lowest BCUT2D eigenvalue weighted by Crippen LogP contribution is -2.56. The van der Waals surface area contributed by atoms with Crippen LogP contribution in [0.4, 0.5) is 10.5 Å². The molecule has 1 aliphatic heterocycles. The van der Waals surface area contributed by atoms with Crippen molar-refractivity contribution in [2.45, 2.75) is 37.2 Å². The van der Waals surface area contributed by atoms with Gasteiger partial charge in [0.2, 0.25) is 17.7 Å². The third kappa shape index (κ3) is 6.74. The van der Waals surface area contributed by atoms with Crippen LogP contribution in [0.3, 0.4) is 0 Å². The van der Waals surface area contributed by atoms with Gasteiger partial charge in [-0.1, -0.05) is 11.6 Å². The molecule has 9 nitrogen and oxygen atoms in total. The van der Waals surface area contributed by atoms with Crippen LogP contribution >= 0.6 is 11.8 Å². The second-order valence-electron chi connectivity index (χ2n) is 7.58. The van der Waals surface area contributed by atoms with E-state index in [0.717, 1.165) is 10.5 Å². The van der Waals surface area contributed by atoms with E-state index in [-0.39, 0.29) is 12.5 Å². The number of hydrogen-bond acceptors (Lipinski definition) is 5. The summed E-state index contributed by atoms with van der Waals surface area (Å²) in [4.78, 5) is 53.2. The number of primary amides is 1. The number of likely N-dealkylation sites (tertiary alicyclic amines) is 1. The predicted molar refractivity (Wildman–Crippen MR) is 121 cm³/mol. The Hall–Kier alpha value is -3.01. The SMILES string of the molecule is CSc1cccc(NC(=O)N[C@H]2CCN(C(=O)C=C(C)C)[C@@H]2C(=O)N(C)CC(N)=O)c1. The first kappa shape index (κ1) is 24.3. The molecule has 1 saturated heterocycles. The maximum atomic E-state index is 13.0. The highest BCUT2D eigenvalue weighted by molar-refractivity contribution is 7.98. The van der Waals surface area contributed by atoms with E-state index in [1.165, 1.54) is 22.9 Å². The molecule has 0 unspecified atom stereocenters. The van der Waals surface area contributed by atoms with Crippen LogP contribution in [0.15, 0.2) is 40.8 Å². The van der Waals surface area contributed by atoms with Gasteiger partial charge in [0.1, 0.15) is 6.04 Å². The molecule has 0 aromatic heterocycles. The van der Waals surface area contributed by atoms with E-state index in [1.54, 1.807) is 31.7 Å². The Labute approximate surface area is 186 Å². The number of amides is 5. The van der Waals surface area contributed by atoms with Crippen LogP contribution in [0.2, 0.25) is 0 Å². The average molecular weight is 448 g/mol. The van der Waals surface area contributed by atoms with E-state index >= 15 is 0 Å². The highest BCUT2D eigenvalue weighted by Gasteiger charge is 2.43. The van der Waals surface area contributed by atoms with Crippen molar-refractivity contribution >= 4 is 41.2 Å². The summed E-state index contributed by atoms with van der Waals surface area (Å²) < 4.78 is 0. The predicted octanol–water partition coefficient (Wildman–Crippen LogP) is 1.41. The minimum Gasteiger partial charge on any atom is -0.368 e. The van der Waals surface area contributed by atoms with Crippen LogP contribution in [0.5, 0.6) is 0 Å². The van der Waals surface area contributed by atoms with Gasteiger partial charge < -0.3 is 26.2 Å². The molecule has 4 N–H and O–H groups in total. The van der Waals surface area contributed by atoms with Gasteiger partial charge >= 0.3 is 6.03 Å². The Morgan fingerprint density at radius 2 is 2.00 bits per heavy atom. The first-order valence-electron chi connectivity index (χ1n) is 9.82. The number of carbonyl (C=O) groups excluding carboxylic acids is 4. The number of rotatable bonds is 7. The molecule has 31 heavy (non-hydrogen) atoms. The number of hydrogen-bond donors (Lipinski definition) is 3. The first-order valence-corrected chi connectivity index (χ1v) is 11.0. The number of nitrogens with two attached hydrogens (primary N) is 1. The Kier molecular flexibility index (Phi) is 8.49. The van der Waals surface area contributed by atoms with Crippen molar-refractivity contribution in [1.82, 2.24) is 15.1 Å². The van der Waals surface area contributed by atoms with E-state index in [4.69, 9.17) is 5.73 Å². The molecule has 5 amide bonds. The number of likely N-dealkylation sites (N-methyl/N-ethyl adjacent to an activating group) is 1. The van der Waals surface area contributed by atoms with Crippen LogP contribution in [-0.2, 0) is 14.4 Å². The molecule has 0 saturated carbocycles. The summed E-state index contributed by atoms with van der Waals surface area (Å²) in [7, 11) is 1.44. The standard InChI is InChI=1S/C21H29N5O4S/c1-13(2)10-18(28)26-9-8-16(19(26)20(29)25(3)12-17(22)27)24-21(30)23-14-6-5-7-15(11-14)31-4/h5-7,10-11,16,19H,8-9,12H2,1-4H3,(H2,22,27)(H2,23,24,30)/t16-,19-/m0/s1. The minimum atomic E-state index is -0.935. The molecule has 0 aliphatic carbocycles. The van der Waals surface area contributed by atoms with Gasteiger partial charge in [0, 0.05) is 30.3 Å². The Balaban J connectivity index is 2.19. The van der Waals surface area contributed by atoms with Crippen LogP contribution in [0.25, 0.3) is 0 Å². The highest BCUT2D eigenvalue weighted by atomic mass is 32.2. The molecule has 10 heteroatoms. The molecule has 168 valence electrons. The molecule has 1 heterocycles. The van der Waals surface area contributed by atoms with Gasteiger partial charge in [-0.15, -0.1) is 11.8 Å². The summed E-state index contributed by atoms with van der Waals surface area (Å²) in [6, 6.07) is 5.35. The number of nitrogens with one attached hydrogen (secondary N) is 2. The molecule has 2 rings (SSSR count). The number of allylic oxidation sites excluding steroid dienone is 1. The van der Waals surface area contributed by atoms with E-state index in [9.17, 15) is 19.2 Å². The Morgan fingerprint density at radius 3 is 2.61 bits per heavy atom. The number of thioether (sulfide) groups is 1. The average Bonchev–Trinajstić information content (AvgIpc) is 3.09. The molecule has 1 aliphatic rings. The quantitative estimate of drug-likeness (QED) is 0.431. The van der Waals surface area contributed by atoms with Crippen LogP contribution in [0, 0.1) is 0 Å². The third-order valence-corrected chi connectivity index (χ3v) is 5.48. The first-order chi connectivity index (χ1) is 14.6. The van der Waals surface area contributed by atoms with Gasteiger partial charge in [0.25, 0.3) is 0 Å². The van der Waals surface area contributed by atoms with E-state index in [0.29, 0.717) is 18.7 Å². The van der Waals surface area contributed by atoms with Gasteiger partial charge in [-0.2, -0.15) is 0 Å². The molecular weight excluding hydrogens is 418 g/mol. The second-order valence-corrected chi connectivity index (χ2v) is 8.46. The van der Waals surface area contributed by atoms with E-state index in [1.807, 2.05) is 24.5 Å². The zero-order valence-corrected chi connectivity index (χ0v) is 19.0. The third-order valence-electron chi connectivity index (χ3n) is 4.76. The smallest absolute Gasteiger partial charge is 0.319 e. The van der Waals surface area contributed by atoms with Crippen molar-refractivity contribution in [2.24, 2.45) is 5.73 Å². The number of carbonyl (C=O) groups is 4. The fourth-order valence-corrected chi connectivity index (χ4v) is 3.86. The van der Waals surface area contributed by atoms with Gasteiger partial charge in [-0.25, -0.2) is 4.79 Å². The lowest BCUT2D eigenvalue weighted by Gasteiger charge is -2.30. The second kappa shape index (κ2) is 10.9. The van der Waals surface area contributed by atoms with Crippen LogP contribution in [-0.4, -0.2) is 72.0 Å².